The number of hydrogen-bond donors (Lipinski definition) is 0. The molecule has 3 nitrogen and oxygen atoms in total. The molecule has 1 saturated carbocycles. The fourth-order valence-electron chi connectivity index (χ4n) is 1.76. The van der Waals surface area contributed by atoms with Crippen LogP contribution in [0.3, 0.4) is 0 Å². The lowest BCUT2D eigenvalue weighted by atomic mass is 10.1. The van der Waals surface area contributed by atoms with Crippen LogP contribution in [0.1, 0.15) is 19.3 Å². The van der Waals surface area contributed by atoms with Crippen molar-refractivity contribution in [1.82, 2.24) is 4.90 Å². The molecule has 0 atom stereocenters. The summed E-state index contributed by atoms with van der Waals surface area (Å²) < 4.78 is 0. The Morgan fingerprint density at radius 1 is 1.62 bits per heavy atom. The molecule has 3 heteroatoms. The summed E-state index contributed by atoms with van der Waals surface area (Å²) in [4.78, 5) is 7.20. The van der Waals surface area contributed by atoms with Crippen LogP contribution in [0.25, 0.3) is 0 Å². The fourth-order valence-corrected chi connectivity index (χ4v) is 1.76. The van der Waals surface area contributed by atoms with Crippen molar-refractivity contribution >= 4 is 6.21 Å². The zero-order valence-electron chi connectivity index (χ0n) is 8.07. The Balaban J connectivity index is 1.89. The summed E-state index contributed by atoms with van der Waals surface area (Å²) in [5, 5.41) is 3.79. The molecule has 0 saturated heterocycles. The molecule has 0 unspecified atom stereocenters. The second-order valence-electron chi connectivity index (χ2n) is 3.69. The van der Waals surface area contributed by atoms with Crippen LogP contribution >= 0.6 is 0 Å². The van der Waals surface area contributed by atoms with Gasteiger partial charge in [0, 0.05) is 19.1 Å². The number of hydrogen-bond acceptors (Lipinski definition) is 3. The van der Waals surface area contributed by atoms with Gasteiger partial charge in [-0.1, -0.05) is 11.2 Å². The molecule has 1 fully saturated rings. The van der Waals surface area contributed by atoms with Crippen molar-refractivity contribution in [1.29, 1.82) is 0 Å². The summed E-state index contributed by atoms with van der Waals surface area (Å²) in [6, 6.07) is 0.861. The van der Waals surface area contributed by atoms with Crippen LogP contribution in [-0.4, -0.2) is 37.4 Å². The molecule has 2 rings (SSSR count). The van der Waals surface area contributed by atoms with Crippen LogP contribution in [0.5, 0.6) is 0 Å². The van der Waals surface area contributed by atoms with E-state index >= 15 is 0 Å². The van der Waals surface area contributed by atoms with Crippen LogP contribution in [0.15, 0.2) is 16.8 Å². The van der Waals surface area contributed by atoms with E-state index in [9.17, 15) is 0 Å². The van der Waals surface area contributed by atoms with Crippen molar-refractivity contribution in [3.8, 4) is 0 Å². The zero-order valence-corrected chi connectivity index (χ0v) is 8.07. The second kappa shape index (κ2) is 3.92. The van der Waals surface area contributed by atoms with Gasteiger partial charge in [-0.05, 0) is 24.8 Å². The molecule has 0 aromatic heterocycles. The number of oxime groups is 1. The second-order valence-corrected chi connectivity index (χ2v) is 3.69. The molecular weight excluding hydrogens is 164 g/mol. The molecule has 0 aromatic rings. The van der Waals surface area contributed by atoms with Gasteiger partial charge in [0.25, 0.3) is 0 Å². The molecule has 0 radical (unpaired) electrons. The maximum Gasteiger partial charge on any atom is 0.106 e. The van der Waals surface area contributed by atoms with Crippen molar-refractivity contribution < 1.29 is 4.84 Å². The molecule has 0 amide bonds. The zero-order chi connectivity index (χ0) is 9.10. The Bertz CT molecular complexity index is 231. The van der Waals surface area contributed by atoms with Gasteiger partial charge in [-0.2, -0.15) is 0 Å². The molecule has 2 aliphatic rings. The van der Waals surface area contributed by atoms with Gasteiger partial charge in [-0.15, -0.1) is 0 Å². The van der Waals surface area contributed by atoms with Gasteiger partial charge < -0.3 is 4.84 Å². The van der Waals surface area contributed by atoms with Gasteiger partial charge in [0.1, 0.15) is 7.11 Å². The molecule has 0 bridgehead atoms. The minimum absolute atomic E-state index is 0.861. The molecule has 1 aliphatic heterocycles. The fraction of sp³-hybridized carbons (Fsp3) is 0.700. The lowest BCUT2D eigenvalue weighted by Crippen LogP contribution is -2.32. The van der Waals surface area contributed by atoms with Crippen molar-refractivity contribution in [2.24, 2.45) is 5.16 Å². The Labute approximate surface area is 79.0 Å². The quantitative estimate of drug-likeness (QED) is 0.484. The number of rotatable bonds is 3. The Kier molecular flexibility index (Phi) is 2.64. The highest BCUT2D eigenvalue weighted by Gasteiger charge is 2.29. The van der Waals surface area contributed by atoms with E-state index in [0.717, 1.165) is 19.0 Å². The van der Waals surface area contributed by atoms with Gasteiger partial charge in [0.2, 0.25) is 0 Å². The molecule has 0 N–H and O–H groups in total. The standard InChI is InChI=1S/C10H16N2O/c1-13-11-7-9-3-2-6-12(8-9)10-4-5-10/h3,7,10H,2,4-6,8H2,1H3/b11-7+. The third-order valence-electron chi connectivity index (χ3n) is 2.60. The third-order valence-corrected chi connectivity index (χ3v) is 2.60. The minimum Gasteiger partial charge on any atom is -0.399 e. The normalized spacial score (nSPS) is 24.8. The van der Waals surface area contributed by atoms with Crippen LogP contribution in [0.4, 0.5) is 0 Å². The molecule has 1 heterocycles. The van der Waals surface area contributed by atoms with Crippen molar-refractivity contribution in [3.05, 3.63) is 11.6 Å². The molecular formula is C10H16N2O. The van der Waals surface area contributed by atoms with Crippen molar-refractivity contribution in [3.63, 3.8) is 0 Å². The van der Waals surface area contributed by atoms with E-state index in [1.54, 1.807) is 7.11 Å². The van der Waals surface area contributed by atoms with Gasteiger partial charge in [0.15, 0.2) is 0 Å². The van der Waals surface area contributed by atoms with Crippen LogP contribution in [-0.2, 0) is 4.84 Å². The molecule has 1 aliphatic carbocycles. The van der Waals surface area contributed by atoms with Crippen LogP contribution in [0.2, 0.25) is 0 Å². The lowest BCUT2D eigenvalue weighted by molar-refractivity contribution is 0.214. The first-order valence-electron chi connectivity index (χ1n) is 4.90. The van der Waals surface area contributed by atoms with Crippen molar-refractivity contribution in [2.75, 3.05) is 20.2 Å². The van der Waals surface area contributed by atoms with E-state index in [-0.39, 0.29) is 0 Å². The summed E-state index contributed by atoms with van der Waals surface area (Å²) in [5.41, 5.74) is 1.29. The average Bonchev–Trinajstić information content (AvgIpc) is 2.98. The smallest absolute Gasteiger partial charge is 0.106 e. The molecule has 72 valence electrons. The van der Waals surface area contributed by atoms with Gasteiger partial charge >= 0.3 is 0 Å². The van der Waals surface area contributed by atoms with Crippen molar-refractivity contribution in [2.45, 2.75) is 25.3 Å². The first kappa shape index (κ1) is 8.75. The predicted molar refractivity (Wildman–Crippen MR) is 52.8 cm³/mol. The topological polar surface area (TPSA) is 24.8 Å². The summed E-state index contributed by atoms with van der Waals surface area (Å²) in [7, 11) is 1.58. The maximum atomic E-state index is 4.67. The van der Waals surface area contributed by atoms with E-state index in [1.807, 2.05) is 6.21 Å². The molecule has 0 aromatic carbocycles. The maximum absolute atomic E-state index is 4.67. The first-order valence-corrected chi connectivity index (χ1v) is 4.90. The molecule has 13 heavy (non-hydrogen) atoms. The van der Waals surface area contributed by atoms with Gasteiger partial charge in [-0.3, -0.25) is 4.90 Å². The predicted octanol–water partition coefficient (Wildman–Crippen LogP) is 1.41. The average molecular weight is 180 g/mol. The summed E-state index contributed by atoms with van der Waals surface area (Å²) >= 11 is 0. The summed E-state index contributed by atoms with van der Waals surface area (Å²) in [6.07, 6.45) is 8.00. The Morgan fingerprint density at radius 3 is 3.15 bits per heavy atom. The third kappa shape index (κ3) is 2.31. The lowest BCUT2D eigenvalue weighted by Gasteiger charge is -2.25. The minimum atomic E-state index is 0.861. The highest BCUT2D eigenvalue weighted by atomic mass is 16.6. The highest BCUT2D eigenvalue weighted by Crippen LogP contribution is 2.28. The SMILES string of the molecule is CO/N=C/C1=CCCN(C2CC2)C1. The molecule has 0 spiro atoms. The van der Waals surface area contributed by atoms with E-state index in [0.29, 0.717) is 0 Å². The van der Waals surface area contributed by atoms with E-state index in [1.165, 1.54) is 25.0 Å². The Morgan fingerprint density at radius 2 is 2.46 bits per heavy atom. The van der Waals surface area contributed by atoms with Gasteiger partial charge in [-0.25, -0.2) is 0 Å². The monoisotopic (exact) mass is 180 g/mol. The van der Waals surface area contributed by atoms with Gasteiger partial charge in [0.05, 0.1) is 6.21 Å². The largest absolute Gasteiger partial charge is 0.399 e. The number of nitrogens with zero attached hydrogens (tertiary/aromatic N) is 2. The first-order chi connectivity index (χ1) is 6.40. The Hall–Kier alpha value is -0.830. The summed E-state index contributed by atoms with van der Waals surface area (Å²) in [6.45, 7) is 2.27. The van der Waals surface area contributed by atoms with E-state index < -0.39 is 0 Å². The van der Waals surface area contributed by atoms with E-state index in [4.69, 9.17) is 0 Å². The summed E-state index contributed by atoms with van der Waals surface area (Å²) in [5.74, 6) is 0. The van der Waals surface area contributed by atoms with Crippen LogP contribution in [0, 0.1) is 0 Å². The highest BCUT2D eigenvalue weighted by molar-refractivity contribution is 5.78. The van der Waals surface area contributed by atoms with E-state index in [2.05, 4.69) is 21.0 Å². The van der Waals surface area contributed by atoms with Crippen LogP contribution < -0.4 is 0 Å².